The summed E-state index contributed by atoms with van der Waals surface area (Å²) in [5, 5.41) is 9.27. The summed E-state index contributed by atoms with van der Waals surface area (Å²) in [6.07, 6.45) is 8.14. The Hall–Kier alpha value is -0.860. The van der Waals surface area contributed by atoms with Crippen molar-refractivity contribution in [1.29, 1.82) is 5.26 Å². The van der Waals surface area contributed by atoms with E-state index in [1.807, 2.05) is 0 Å². The number of nitriles is 1. The maximum atomic E-state index is 11.0. The van der Waals surface area contributed by atoms with E-state index in [0.29, 0.717) is 13.0 Å². The maximum absolute atomic E-state index is 11.0. The molecule has 5 heteroatoms. The summed E-state index contributed by atoms with van der Waals surface area (Å²) in [6, 6.07) is 2.13. The van der Waals surface area contributed by atoms with Crippen LogP contribution in [-0.2, 0) is 10.0 Å². The van der Waals surface area contributed by atoms with Crippen molar-refractivity contribution in [2.75, 3.05) is 6.54 Å². The molecule has 0 bridgehead atoms. The standard InChI is InChI=1S/C12H22N2O2S/c1-2-17(15,16)14-12-10-8-6-4-3-5-7-9-11-13/h2,14H,1,3-10,12H2. The van der Waals surface area contributed by atoms with Crippen LogP contribution in [-0.4, -0.2) is 15.0 Å². The predicted molar refractivity (Wildman–Crippen MR) is 69.7 cm³/mol. The van der Waals surface area contributed by atoms with Crippen molar-refractivity contribution in [3.63, 3.8) is 0 Å². The molecule has 0 aromatic carbocycles. The van der Waals surface area contributed by atoms with Crippen molar-refractivity contribution in [2.24, 2.45) is 0 Å². The summed E-state index contributed by atoms with van der Waals surface area (Å²) in [4.78, 5) is 0. The molecule has 0 spiro atoms. The van der Waals surface area contributed by atoms with Crippen LogP contribution in [0.5, 0.6) is 0 Å². The van der Waals surface area contributed by atoms with E-state index in [0.717, 1.165) is 37.5 Å². The Morgan fingerprint density at radius 2 is 1.59 bits per heavy atom. The molecule has 0 aromatic heterocycles. The van der Waals surface area contributed by atoms with Crippen molar-refractivity contribution >= 4 is 10.0 Å². The fourth-order valence-electron chi connectivity index (χ4n) is 1.49. The van der Waals surface area contributed by atoms with Gasteiger partial charge in [-0.1, -0.05) is 38.7 Å². The number of sulfonamides is 1. The van der Waals surface area contributed by atoms with Crippen LogP contribution in [0.1, 0.15) is 51.4 Å². The third-order valence-corrected chi connectivity index (χ3v) is 3.53. The Balaban J connectivity index is 3.20. The Labute approximate surface area is 105 Å². The zero-order valence-corrected chi connectivity index (χ0v) is 11.1. The minimum Gasteiger partial charge on any atom is -0.212 e. The molecule has 0 fully saturated rings. The molecule has 0 aliphatic carbocycles. The van der Waals surface area contributed by atoms with Crippen LogP contribution in [0.25, 0.3) is 0 Å². The number of hydrogen-bond acceptors (Lipinski definition) is 3. The predicted octanol–water partition coefficient (Wildman–Crippen LogP) is 2.69. The average molecular weight is 258 g/mol. The van der Waals surface area contributed by atoms with Gasteiger partial charge in [-0.15, -0.1) is 0 Å². The van der Waals surface area contributed by atoms with E-state index in [2.05, 4.69) is 17.4 Å². The molecule has 1 N–H and O–H groups in total. The van der Waals surface area contributed by atoms with Crippen LogP contribution < -0.4 is 4.72 Å². The molecule has 0 aromatic rings. The van der Waals surface area contributed by atoms with E-state index in [-0.39, 0.29) is 0 Å². The van der Waals surface area contributed by atoms with E-state index in [1.54, 1.807) is 0 Å². The second-order valence-corrected chi connectivity index (χ2v) is 5.70. The first-order valence-electron chi connectivity index (χ1n) is 6.11. The minimum atomic E-state index is -3.24. The molecule has 0 saturated carbocycles. The van der Waals surface area contributed by atoms with Gasteiger partial charge >= 0.3 is 0 Å². The number of hydrogen-bond donors (Lipinski definition) is 1. The van der Waals surface area contributed by atoms with Crippen molar-refractivity contribution < 1.29 is 8.42 Å². The molecule has 4 nitrogen and oxygen atoms in total. The lowest BCUT2D eigenvalue weighted by Gasteiger charge is -2.02. The van der Waals surface area contributed by atoms with Crippen LogP contribution in [0, 0.1) is 11.3 Å². The molecule has 0 unspecified atom stereocenters. The Kier molecular flexibility index (Phi) is 9.78. The van der Waals surface area contributed by atoms with Crippen LogP contribution >= 0.6 is 0 Å². The van der Waals surface area contributed by atoms with Gasteiger partial charge in [-0.05, 0) is 12.8 Å². The lowest BCUT2D eigenvalue weighted by Crippen LogP contribution is -2.21. The summed E-state index contributed by atoms with van der Waals surface area (Å²) < 4.78 is 24.4. The first-order chi connectivity index (χ1) is 8.12. The zero-order valence-electron chi connectivity index (χ0n) is 10.3. The van der Waals surface area contributed by atoms with Gasteiger partial charge in [0.1, 0.15) is 0 Å². The third kappa shape index (κ3) is 11.4. The topological polar surface area (TPSA) is 70.0 Å². The highest BCUT2D eigenvalue weighted by Gasteiger charge is 2.01. The molecule has 17 heavy (non-hydrogen) atoms. The molecule has 0 rings (SSSR count). The molecule has 0 saturated heterocycles. The number of unbranched alkanes of at least 4 members (excludes halogenated alkanes) is 7. The molecule has 0 radical (unpaired) electrons. The van der Waals surface area contributed by atoms with Gasteiger partial charge in [-0.3, -0.25) is 0 Å². The van der Waals surface area contributed by atoms with Crippen molar-refractivity contribution in [2.45, 2.75) is 51.4 Å². The van der Waals surface area contributed by atoms with Gasteiger partial charge in [-0.2, -0.15) is 5.26 Å². The first-order valence-corrected chi connectivity index (χ1v) is 7.66. The van der Waals surface area contributed by atoms with Gasteiger partial charge in [-0.25, -0.2) is 13.1 Å². The van der Waals surface area contributed by atoms with E-state index in [4.69, 9.17) is 5.26 Å². The summed E-state index contributed by atoms with van der Waals surface area (Å²) in [6.45, 7) is 3.71. The Morgan fingerprint density at radius 3 is 2.12 bits per heavy atom. The van der Waals surface area contributed by atoms with E-state index >= 15 is 0 Å². The van der Waals surface area contributed by atoms with E-state index in [9.17, 15) is 8.42 Å². The monoisotopic (exact) mass is 258 g/mol. The molecular formula is C12H22N2O2S. The van der Waals surface area contributed by atoms with Crippen molar-refractivity contribution in [3.05, 3.63) is 12.0 Å². The lowest BCUT2D eigenvalue weighted by atomic mass is 10.1. The van der Waals surface area contributed by atoms with Crippen molar-refractivity contribution in [1.82, 2.24) is 4.72 Å². The molecule has 0 atom stereocenters. The van der Waals surface area contributed by atoms with Gasteiger partial charge in [0.05, 0.1) is 6.07 Å². The second-order valence-electron chi connectivity index (χ2n) is 3.99. The fourth-order valence-corrected chi connectivity index (χ4v) is 2.03. The number of rotatable bonds is 11. The minimum absolute atomic E-state index is 0.489. The van der Waals surface area contributed by atoms with Crippen LogP contribution in [0.2, 0.25) is 0 Å². The van der Waals surface area contributed by atoms with Crippen LogP contribution in [0.15, 0.2) is 12.0 Å². The molecule has 98 valence electrons. The molecule has 0 aliphatic rings. The zero-order chi connectivity index (χ0) is 13.0. The van der Waals surface area contributed by atoms with E-state index < -0.39 is 10.0 Å². The Morgan fingerprint density at radius 1 is 1.06 bits per heavy atom. The molecule has 0 amide bonds. The first kappa shape index (κ1) is 16.1. The van der Waals surface area contributed by atoms with Gasteiger partial charge in [0.2, 0.25) is 10.0 Å². The number of nitrogens with one attached hydrogen (secondary N) is 1. The number of nitrogens with zero attached hydrogens (tertiary/aromatic N) is 1. The highest BCUT2D eigenvalue weighted by Crippen LogP contribution is 2.07. The average Bonchev–Trinajstić information content (AvgIpc) is 2.31. The van der Waals surface area contributed by atoms with E-state index in [1.165, 1.54) is 12.8 Å². The lowest BCUT2D eigenvalue weighted by molar-refractivity contribution is 0.566. The van der Waals surface area contributed by atoms with Gasteiger partial charge in [0.25, 0.3) is 0 Å². The SMILES string of the molecule is C=CS(=O)(=O)NCCCCCCCCCC#N. The van der Waals surface area contributed by atoms with Crippen LogP contribution in [0.4, 0.5) is 0 Å². The maximum Gasteiger partial charge on any atom is 0.233 e. The normalized spacial score (nSPS) is 11.0. The van der Waals surface area contributed by atoms with Crippen molar-refractivity contribution in [3.8, 4) is 6.07 Å². The van der Waals surface area contributed by atoms with Gasteiger partial charge in [0.15, 0.2) is 0 Å². The quantitative estimate of drug-likeness (QED) is 0.579. The molecule has 0 heterocycles. The highest BCUT2D eigenvalue weighted by molar-refractivity contribution is 7.92. The summed E-state index contributed by atoms with van der Waals surface area (Å²) in [5.74, 6) is 0. The van der Waals surface area contributed by atoms with Gasteiger partial charge < -0.3 is 0 Å². The largest absolute Gasteiger partial charge is 0.233 e. The highest BCUT2D eigenvalue weighted by atomic mass is 32.2. The van der Waals surface area contributed by atoms with Gasteiger partial charge in [0, 0.05) is 18.4 Å². The second kappa shape index (κ2) is 10.3. The fraction of sp³-hybridized carbons (Fsp3) is 0.750. The summed E-state index contributed by atoms with van der Waals surface area (Å²) in [7, 11) is -3.24. The Bertz CT molecular complexity index is 331. The smallest absolute Gasteiger partial charge is 0.212 e. The third-order valence-electron chi connectivity index (χ3n) is 2.49. The molecule has 0 aliphatic heterocycles. The summed E-state index contributed by atoms with van der Waals surface area (Å²) in [5.41, 5.74) is 0. The summed E-state index contributed by atoms with van der Waals surface area (Å²) >= 11 is 0. The molecular weight excluding hydrogens is 236 g/mol. The van der Waals surface area contributed by atoms with Crippen LogP contribution in [0.3, 0.4) is 0 Å².